The van der Waals surface area contributed by atoms with Crippen molar-refractivity contribution in [3.8, 4) is 0 Å². The second-order valence-electron chi connectivity index (χ2n) is 2.60. The highest BCUT2D eigenvalue weighted by molar-refractivity contribution is 8.03. The van der Waals surface area contributed by atoms with Gasteiger partial charge in [-0.25, -0.2) is 0 Å². The van der Waals surface area contributed by atoms with Crippen LogP contribution in [0.3, 0.4) is 0 Å². The van der Waals surface area contributed by atoms with Crippen molar-refractivity contribution in [3.05, 3.63) is 11.5 Å². The molecule has 8 heavy (non-hydrogen) atoms. The molecule has 1 fully saturated rings. The van der Waals surface area contributed by atoms with E-state index < -0.39 is 0 Å². The van der Waals surface area contributed by atoms with Crippen LogP contribution < -0.4 is 0 Å². The highest BCUT2D eigenvalue weighted by Gasteiger charge is 2.27. The minimum atomic E-state index is 0.958. The van der Waals surface area contributed by atoms with E-state index in [1.807, 2.05) is 11.8 Å². The highest BCUT2D eigenvalue weighted by Crippen LogP contribution is 2.41. The molecular formula is C7H10S. The monoisotopic (exact) mass is 126 g/mol. The van der Waals surface area contributed by atoms with Crippen molar-refractivity contribution in [1.82, 2.24) is 0 Å². The molecule has 1 aliphatic heterocycles. The molecule has 0 bridgehead atoms. The average Bonchev–Trinajstić information content (AvgIpc) is 2.15. The summed E-state index contributed by atoms with van der Waals surface area (Å²) in [5, 5.41) is 3.25. The molecule has 0 spiro atoms. The molecule has 0 nitrogen and oxygen atoms in total. The molecule has 2 rings (SSSR count). The van der Waals surface area contributed by atoms with Crippen LogP contribution in [0.5, 0.6) is 0 Å². The fourth-order valence-corrected chi connectivity index (χ4v) is 2.82. The van der Waals surface area contributed by atoms with Crippen molar-refractivity contribution in [3.63, 3.8) is 0 Å². The molecule has 1 saturated carbocycles. The Balaban J connectivity index is 2.13. The van der Waals surface area contributed by atoms with Crippen LogP contribution in [0.2, 0.25) is 0 Å². The third kappa shape index (κ3) is 0.609. The first-order valence-corrected chi connectivity index (χ1v) is 4.23. The van der Waals surface area contributed by atoms with E-state index in [-0.39, 0.29) is 0 Å². The maximum Gasteiger partial charge on any atom is 0.0151 e. The summed E-state index contributed by atoms with van der Waals surface area (Å²) in [6.45, 7) is 0. The second kappa shape index (κ2) is 1.80. The summed E-state index contributed by atoms with van der Waals surface area (Å²) in [5.41, 5.74) is 0. The van der Waals surface area contributed by atoms with Crippen LogP contribution in [-0.4, -0.2) is 5.25 Å². The normalized spacial score (nSPS) is 43.0. The summed E-state index contributed by atoms with van der Waals surface area (Å²) in [4.78, 5) is 0. The molecule has 0 N–H and O–H groups in total. The zero-order chi connectivity index (χ0) is 5.40. The van der Waals surface area contributed by atoms with Gasteiger partial charge in [-0.3, -0.25) is 0 Å². The van der Waals surface area contributed by atoms with Crippen LogP contribution in [0.25, 0.3) is 0 Å². The maximum atomic E-state index is 2.38. The number of rotatable bonds is 0. The van der Waals surface area contributed by atoms with Crippen LogP contribution in [0.4, 0.5) is 0 Å². The minimum Gasteiger partial charge on any atom is -0.130 e. The van der Waals surface area contributed by atoms with Gasteiger partial charge in [0.15, 0.2) is 0 Å². The zero-order valence-electron chi connectivity index (χ0n) is 4.84. The van der Waals surface area contributed by atoms with Crippen molar-refractivity contribution in [2.75, 3.05) is 0 Å². The van der Waals surface area contributed by atoms with Gasteiger partial charge in [-0.2, -0.15) is 0 Å². The summed E-state index contributed by atoms with van der Waals surface area (Å²) in [7, 11) is 0. The second-order valence-corrected chi connectivity index (χ2v) is 3.75. The lowest BCUT2D eigenvalue weighted by Gasteiger charge is -2.03. The maximum absolute atomic E-state index is 2.38. The van der Waals surface area contributed by atoms with E-state index in [0.29, 0.717) is 0 Å². The Kier molecular flexibility index (Phi) is 1.11. The molecule has 2 atom stereocenters. The van der Waals surface area contributed by atoms with Gasteiger partial charge in [0.2, 0.25) is 0 Å². The first-order chi connectivity index (χ1) is 3.97. The summed E-state index contributed by atoms with van der Waals surface area (Å²) in [5.74, 6) is 0.958. The molecule has 0 amide bonds. The van der Waals surface area contributed by atoms with Gasteiger partial charge in [0.1, 0.15) is 0 Å². The van der Waals surface area contributed by atoms with Gasteiger partial charge in [-0.15, -0.1) is 11.8 Å². The largest absolute Gasteiger partial charge is 0.130 e. The minimum absolute atomic E-state index is 0.958. The van der Waals surface area contributed by atoms with E-state index in [4.69, 9.17) is 0 Å². The van der Waals surface area contributed by atoms with Gasteiger partial charge in [-0.1, -0.05) is 12.5 Å². The molecule has 2 aliphatic rings. The number of hydrogen-bond donors (Lipinski definition) is 0. The Morgan fingerprint density at radius 1 is 1.38 bits per heavy atom. The lowest BCUT2D eigenvalue weighted by Crippen LogP contribution is -1.99. The Hall–Kier alpha value is 0.0900. The van der Waals surface area contributed by atoms with Crippen LogP contribution in [0, 0.1) is 5.92 Å². The summed E-state index contributed by atoms with van der Waals surface area (Å²) in [6.07, 6.45) is 6.76. The summed E-state index contributed by atoms with van der Waals surface area (Å²) >= 11 is 2.03. The van der Waals surface area contributed by atoms with E-state index >= 15 is 0 Å². The van der Waals surface area contributed by atoms with Gasteiger partial charge in [-0.05, 0) is 24.2 Å². The molecule has 0 radical (unpaired) electrons. The van der Waals surface area contributed by atoms with E-state index in [0.717, 1.165) is 11.2 Å². The lowest BCUT2D eigenvalue weighted by molar-refractivity contribution is 0.710. The highest BCUT2D eigenvalue weighted by atomic mass is 32.2. The van der Waals surface area contributed by atoms with Crippen LogP contribution >= 0.6 is 11.8 Å². The Bertz CT molecular complexity index is 118. The predicted molar refractivity (Wildman–Crippen MR) is 37.9 cm³/mol. The van der Waals surface area contributed by atoms with Gasteiger partial charge < -0.3 is 0 Å². The molecule has 0 saturated heterocycles. The molecular weight excluding hydrogens is 116 g/mol. The Morgan fingerprint density at radius 2 is 2.38 bits per heavy atom. The number of thioether (sulfide) groups is 1. The molecule has 1 aliphatic carbocycles. The molecule has 44 valence electrons. The van der Waals surface area contributed by atoms with E-state index in [1.165, 1.54) is 19.3 Å². The average molecular weight is 126 g/mol. The molecule has 2 unspecified atom stereocenters. The number of hydrogen-bond acceptors (Lipinski definition) is 1. The van der Waals surface area contributed by atoms with E-state index in [2.05, 4.69) is 11.5 Å². The van der Waals surface area contributed by atoms with Gasteiger partial charge in [0.05, 0.1) is 0 Å². The van der Waals surface area contributed by atoms with Crippen molar-refractivity contribution in [2.45, 2.75) is 24.5 Å². The van der Waals surface area contributed by atoms with E-state index in [1.54, 1.807) is 0 Å². The molecule has 1 heteroatoms. The third-order valence-corrected chi connectivity index (χ3v) is 3.33. The first kappa shape index (κ1) is 4.92. The van der Waals surface area contributed by atoms with Gasteiger partial charge in [0, 0.05) is 5.25 Å². The van der Waals surface area contributed by atoms with E-state index in [9.17, 15) is 0 Å². The molecule has 0 aromatic rings. The van der Waals surface area contributed by atoms with Crippen LogP contribution in [0.1, 0.15) is 19.3 Å². The zero-order valence-corrected chi connectivity index (χ0v) is 5.66. The summed E-state index contributed by atoms with van der Waals surface area (Å²) < 4.78 is 0. The van der Waals surface area contributed by atoms with Crippen molar-refractivity contribution in [2.24, 2.45) is 5.92 Å². The predicted octanol–water partition coefficient (Wildman–Crippen LogP) is 2.42. The number of allylic oxidation sites excluding steroid dienone is 1. The van der Waals surface area contributed by atoms with Crippen LogP contribution in [0.15, 0.2) is 11.5 Å². The van der Waals surface area contributed by atoms with Gasteiger partial charge in [0.25, 0.3) is 0 Å². The molecule has 1 heterocycles. The smallest absolute Gasteiger partial charge is 0.0151 e. The lowest BCUT2D eigenvalue weighted by atomic mass is 10.1. The Labute approximate surface area is 54.4 Å². The quantitative estimate of drug-likeness (QED) is 0.480. The first-order valence-electron chi connectivity index (χ1n) is 3.29. The fraction of sp³-hybridized carbons (Fsp3) is 0.714. The fourth-order valence-electron chi connectivity index (χ4n) is 1.59. The topological polar surface area (TPSA) is 0 Å². The van der Waals surface area contributed by atoms with Crippen molar-refractivity contribution >= 4 is 11.8 Å². The van der Waals surface area contributed by atoms with Gasteiger partial charge >= 0.3 is 0 Å². The summed E-state index contributed by atoms with van der Waals surface area (Å²) in [6, 6.07) is 0. The van der Waals surface area contributed by atoms with Crippen molar-refractivity contribution in [1.29, 1.82) is 0 Å². The standard InChI is InChI=1S/C7H10S/c1-2-6-4-5-8-7(6)3-1/h4-7H,1-3H2. The Morgan fingerprint density at radius 3 is 3.25 bits per heavy atom. The van der Waals surface area contributed by atoms with Crippen LogP contribution in [-0.2, 0) is 0 Å². The molecule has 0 aromatic carbocycles. The number of fused-ring (bicyclic) bond motifs is 1. The molecule has 0 aromatic heterocycles. The third-order valence-electron chi connectivity index (χ3n) is 2.08. The SMILES string of the molecule is C1=CC2CCCC2S1. The van der Waals surface area contributed by atoms with Crippen molar-refractivity contribution < 1.29 is 0 Å².